The highest BCUT2D eigenvalue weighted by Gasteiger charge is 2.19. The molecule has 0 aliphatic heterocycles. The van der Waals surface area contributed by atoms with Crippen LogP contribution in [0.4, 0.5) is 0 Å². The van der Waals surface area contributed by atoms with Crippen molar-refractivity contribution in [3.8, 4) is 0 Å². The van der Waals surface area contributed by atoms with Crippen molar-refractivity contribution in [3.63, 3.8) is 0 Å². The number of rotatable bonds is 52. The molecular formula is C60H108O6. The Labute approximate surface area is 409 Å². The molecule has 0 bridgehead atoms. The molecule has 6 nitrogen and oxygen atoms in total. The standard InChI is InChI=1S/C60H108O6/c1-4-7-10-13-16-19-22-25-28-30-33-35-38-41-44-47-50-53-59(62)65-56-57(55-64-58(61)52-49-46-43-40-37-34-31-27-24-21-18-15-12-9-6-3)66-60(63)54-51-48-45-42-39-36-32-29-26-23-20-17-14-11-8-5-2/h16,19,25,27-29,31-32,57H,4-15,17-18,20-24,26,30,33-56H2,1-3H3/b19-16-,28-25-,31-27-,32-29-. The van der Waals surface area contributed by atoms with Crippen LogP contribution in [0.25, 0.3) is 0 Å². The second kappa shape index (κ2) is 55.0. The van der Waals surface area contributed by atoms with Gasteiger partial charge in [0.15, 0.2) is 6.10 Å². The summed E-state index contributed by atoms with van der Waals surface area (Å²) in [5, 5.41) is 0. The second-order valence-corrected chi connectivity index (χ2v) is 19.2. The third-order valence-corrected chi connectivity index (χ3v) is 12.5. The quantitative estimate of drug-likeness (QED) is 0.0262. The largest absolute Gasteiger partial charge is 0.462 e. The zero-order chi connectivity index (χ0) is 47.9. The fraction of sp³-hybridized carbons (Fsp3) is 0.817. The molecule has 0 radical (unpaired) electrons. The molecule has 0 heterocycles. The van der Waals surface area contributed by atoms with Crippen molar-refractivity contribution in [3.05, 3.63) is 48.6 Å². The highest BCUT2D eigenvalue weighted by Crippen LogP contribution is 2.15. The van der Waals surface area contributed by atoms with Crippen LogP contribution in [0.5, 0.6) is 0 Å². The van der Waals surface area contributed by atoms with E-state index in [9.17, 15) is 14.4 Å². The van der Waals surface area contributed by atoms with E-state index in [1.165, 1.54) is 167 Å². The molecule has 0 aromatic carbocycles. The zero-order valence-electron chi connectivity index (χ0n) is 44.0. The van der Waals surface area contributed by atoms with Gasteiger partial charge in [-0.1, -0.05) is 223 Å². The first-order chi connectivity index (χ1) is 32.5. The highest BCUT2D eigenvalue weighted by atomic mass is 16.6. The van der Waals surface area contributed by atoms with Gasteiger partial charge in [-0.2, -0.15) is 0 Å². The van der Waals surface area contributed by atoms with Crippen molar-refractivity contribution in [1.82, 2.24) is 0 Å². The molecule has 0 saturated heterocycles. The Bertz CT molecular complexity index is 1150. The molecule has 0 spiro atoms. The van der Waals surface area contributed by atoms with E-state index >= 15 is 0 Å². The van der Waals surface area contributed by atoms with E-state index in [0.29, 0.717) is 19.3 Å². The molecular weight excluding hydrogens is 817 g/mol. The van der Waals surface area contributed by atoms with E-state index in [1.807, 2.05) is 0 Å². The van der Waals surface area contributed by atoms with Gasteiger partial charge in [0, 0.05) is 19.3 Å². The van der Waals surface area contributed by atoms with Crippen LogP contribution >= 0.6 is 0 Å². The van der Waals surface area contributed by atoms with Gasteiger partial charge in [-0.05, 0) is 103 Å². The summed E-state index contributed by atoms with van der Waals surface area (Å²) in [5.74, 6) is -0.894. The minimum atomic E-state index is -0.783. The van der Waals surface area contributed by atoms with Crippen molar-refractivity contribution < 1.29 is 28.6 Å². The van der Waals surface area contributed by atoms with Crippen LogP contribution in [-0.2, 0) is 28.6 Å². The van der Waals surface area contributed by atoms with Crippen LogP contribution in [-0.4, -0.2) is 37.2 Å². The summed E-state index contributed by atoms with van der Waals surface area (Å²) in [6.45, 7) is 6.61. The Hall–Kier alpha value is -2.63. The molecule has 0 aromatic heterocycles. The van der Waals surface area contributed by atoms with Crippen LogP contribution in [0.2, 0.25) is 0 Å². The molecule has 1 atom stereocenters. The summed E-state index contributed by atoms with van der Waals surface area (Å²) in [6.07, 6.45) is 66.6. The van der Waals surface area contributed by atoms with Gasteiger partial charge >= 0.3 is 17.9 Å². The number of carbonyl (C=O) groups is 3. The molecule has 0 N–H and O–H groups in total. The van der Waals surface area contributed by atoms with Gasteiger partial charge in [0.1, 0.15) is 13.2 Å². The fourth-order valence-electron chi connectivity index (χ4n) is 8.17. The summed E-state index contributed by atoms with van der Waals surface area (Å²) < 4.78 is 16.9. The molecule has 0 amide bonds. The summed E-state index contributed by atoms with van der Waals surface area (Å²) in [6, 6.07) is 0. The number of ether oxygens (including phenoxy) is 3. The van der Waals surface area contributed by atoms with Crippen molar-refractivity contribution in [2.75, 3.05) is 13.2 Å². The Kier molecular flexibility index (Phi) is 52.8. The minimum absolute atomic E-state index is 0.0819. The molecule has 6 heteroatoms. The number of hydrogen-bond donors (Lipinski definition) is 0. The monoisotopic (exact) mass is 925 g/mol. The Morgan fingerprint density at radius 1 is 0.303 bits per heavy atom. The van der Waals surface area contributed by atoms with E-state index < -0.39 is 6.10 Å². The van der Waals surface area contributed by atoms with Crippen molar-refractivity contribution in [1.29, 1.82) is 0 Å². The van der Waals surface area contributed by atoms with Crippen LogP contribution in [0, 0.1) is 0 Å². The highest BCUT2D eigenvalue weighted by molar-refractivity contribution is 5.71. The number of esters is 3. The first kappa shape index (κ1) is 63.4. The van der Waals surface area contributed by atoms with Gasteiger partial charge in [-0.15, -0.1) is 0 Å². The van der Waals surface area contributed by atoms with Gasteiger partial charge in [0.2, 0.25) is 0 Å². The first-order valence-corrected chi connectivity index (χ1v) is 28.6. The summed E-state index contributed by atoms with van der Waals surface area (Å²) in [4.78, 5) is 38.1. The fourth-order valence-corrected chi connectivity index (χ4v) is 8.17. The lowest BCUT2D eigenvalue weighted by Crippen LogP contribution is -2.30. The van der Waals surface area contributed by atoms with Crippen LogP contribution in [0.1, 0.15) is 297 Å². The third kappa shape index (κ3) is 52.3. The van der Waals surface area contributed by atoms with Gasteiger partial charge in [0.05, 0.1) is 0 Å². The summed E-state index contributed by atoms with van der Waals surface area (Å²) >= 11 is 0. The Morgan fingerprint density at radius 2 is 0.545 bits per heavy atom. The van der Waals surface area contributed by atoms with E-state index in [0.717, 1.165) is 89.9 Å². The van der Waals surface area contributed by atoms with Gasteiger partial charge < -0.3 is 14.2 Å². The van der Waals surface area contributed by atoms with Crippen LogP contribution < -0.4 is 0 Å². The normalized spacial score (nSPS) is 12.3. The smallest absolute Gasteiger partial charge is 0.306 e. The van der Waals surface area contributed by atoms with Crippen molar-refractivity contribution >= 4 is 17.9 Å². The van der Waals surface area contributed by atoms with E-state index in [-0.39, 0.29) is 31.1 Å². The lowest BCUT2D eigenvalue weighted by Gasteiger charge is -2.18. The van der Waals surface area contributed by atoms with E-state index in [4.69, 9.17) is 14.2 Å². The summed E-state index contributed by atoms with van der Waals surface area (Å²) in [5.41, 5.74) is 0. The van der Waals surface area contributed by atoms with Gasteiger partial charge in [0.25, 0.3) is 0 Å². The molecule has 0 aliphatic carbocycles. The van der Waals surface area contributed by atoms with Crippen LogP contribution in [0.3, 0.4) is 0 Å². The molecule has 66 heavy (non-hydrogen) atoms. The van der Waals surface area contributed by atoms with Crippen molar-refractivity contribution in [2.24, 2.45) is 0 Å². The maximum Gasteiger partial charge on any atom is 0.306 e. The lowest BCUT2D eigenvalue weighted by molar-refractivity contribution is -0.167. The Balaban J connectivity index is 4.40. The third-order valence-electron chi connectivity index (χ3n) is 12.5. The van der Waals surface area contributed by atoms with E-state index in [2.05, 4.69) is 69.4 Å². The van der Waals surface area contributed by atoms with Crippen molar-refractivity contribution in [2.45, 2.75) is 303 Å². The molecule has 0 rings (SSSR count). The zero-order valence-corrected chi connectivity index (χ0v) is 44.0. The number of hydrogen-bond acceptors (Lipinski definition) is 6. The number of carbonyl (C=O) groups excluding carboxylic acids is 3. The Morgan fingerprint density at radius 3 is 0.879 bits per heavy atom. The first-order valence-electron chi connectivity index (χ1n) is 28.6. The van der Waals surface area contributed by atoms with Gasteiger partial charge in [-0.3, -0.25) is 14.4 Å². The predicted molar refractivity (Wildman–Crippen MR) is 284 cm³/mol. The summed E-state index contributed by atoms with van der Waals surface area (Å²) in [7, 11) is 0. The van der Waals surface area contributed by atoms with Crippen LogP contribution in [0.15, 0.2) is 48.6 Å². The lowest BCUT2D eigenvalue weighted by atomic mass is 10.1. The molecule has 384 valence electrons. The average Bonchev–Trinajstić information content (AvgIpc) is 3.31. The average molecular weight is 926 g/mol. The SMILES string of the molecule is CCCCC/C=C\C/C=C\CCCCCCCCCC(=O)OCC(COC(=O)CCCCCCC/C=C\CCCCCCCC)OC(=O)CCCCCCC/C=C\CCCCCCCCC. The van der Waals surface area contributed by atoms with E-state index in [1.54, 1.807) is 0 Å². The topological polar surface area (TPSA) is 78.9 Å². The maximum absolute atomic E-state index is 12.8. The molecule has 0 aliphatic rings. The maximum atomic E-state index is 12.8. The predicted octanol–water partition coefficient (Wildman–Crippen LogP) is 19.0. The molecule has 0 fully saturated rings. The number of unbranched alkanes of at least 4 members (excludes halogenated alkanes) is 33. The second-order valence-electron chi connectivity index (χ2n) is 19.2. The molecule has 1 unspecified atom stereocenters. The van der Waals surface area contributed by atoms with Gasteiger partial charge in [-0.25, -0.2) is 0 Å². The molecule has 0 aromatic rings. The number of allylic oxidation sites excluding steroid dienone is 8. The molecule has 0 saturated carbocycles. The minimum Gasteiger partial charge on any atom is -0.462 e.